The van der Waals surface area contributed by atoms with Gasteiger partial charge in [0.1, 0.15) is 18.2 Å². The molecule has 0 aliphatic rings. The second-order valence-electron chi connectivity index (χ2n) is 5.41. The molecule has 0 saturated carbocycles. The number of rotatable bonds is 8. The lowest BCUT2D eigenvalue weighted by Crippen LogP contribution is -2.09. The van der Waals surface area contributed by atoms with Gasteiger partial charge in [0.2, 0.25) is 0 Å². The Morgan fingerprint density at radius 1 is 0.920 bits per heavy atom. The van der Waals surface area contributed by atoms with Crippen LogP contribution in [0.2, 0.25) is 0 Å². The first-order valence-electron chi connectivity index (χ1n) is 8.05. The molecular formula is C19H21N3O3. The number of aromatic nitrogens is 2. The molecule has 3 aromatic rings. The fraction of sp³-hybridized carbons (Fsp3) is 0.263. The summed E-state index contributed by atoms with van der Waals surface area (Å²) in [7, 11) is 3.29. The van der Waals surface area contributed by atoms with Crippen LogP contribution in [0, 0.1) is 0 Å². The van der Waals surface area contributed by atoms with Crippen LogP contribution in [-0.2, 0) is 11.3 Å². The van der Waals surface area contributed by atoms with E-state index in [1.165, 1.54) is 0 Å². The summed E-state index contributed by atoms with van der Waals surface area (Å²) in [5, 5.41) is 4.32. The van der Waals surface area contributed by atoms with Gasteiger partial charge in [0.05, 0.1) is 19.2 Å². The highest BCUT2D eigenvalue weighted by atomic mass is 16.5. The van der Waals surface area contributed by atoms with Crippen LogP contribution >= 0.6 is 0 Å². The van der Waals surface area contributed by atoms with Crippen molar-refractivity contribution in [3.05, 3.63) is 54.1 Å². The molecule has 6 nitrogen and oxygen atoms in total. The number of hydrogen-bond donors (Lipinski definition) is 1. The summed E-state index contributed by atoms with van der Waals surface area (Å²) in [5.41, 5.74) is 1.97. The topological polar surface area (TPSA) is 65.5 Å². The number of nitrogens with one attached hydrogen (secondary N) is 1. The fourth-order valence-corrected chi connectivity index (χ4v) is 2.40. The van der Waals surface area contributed by atoms with Gasteiger partial charge in [-0.05, 0) is 29.8 Å². The first-order valence-corrected chi connectivity index (χ1v) is 8.05. The highest BCUT2D eigenvalue weighted by Gasteiger charge is 2.08. The molecule has 0 unspecified atom stereocenters. The Morgan fingerprint density at radius 3 is 2.48 bits per heavy atom. The number of methoxy groups -OCH3 is 2. The average Bonchev–Trinajstić information content (AvgIpc) is 2.66. The van der Waals surface area contributed by atoms with Crippen molar-refractivity contribution in [2.45, 2.75) is 6.54 Å². The lowest BCUT2D eigenvalue weighted by Gasteiger charge is -2.11. The smallest absolute Gasteiger partial charge is 0.319 e. The first kappa shape index (κ1) is 17.0. The number of ether oxygens (including phenoxy) is 3. The lowest BCUT2D eigenvalue weighted by molar-refractivity contribution is 0.141. The van der Waals surface area contributed by atoms with Crippen LogP contribution in [0.3, 0.4) is 0 Å². The standard InChI is InChI=1S/C19H21N3O3/c1-23-11-12-25-19-21-17-6-4-3-5-16(17)18(22-19)20-13-14-7-9-15(24-2)10-8-14/h3-10H,11-13H2,1-2H3,(H,20,21,22). The lowest BCUT2D eigenvalue weighted by atomic mass is 10.2. The summed E-state index contributed by atoms with van der Waals surface area (Å²) in [4.78, 5) is 8.94. The van der Waals surface area contributed by atoms with Crippen molar-refractivity contribution >= 4 is 16.7 Å². The number of hydrogen-bond acceptors (Lipinski definition) is 6. The number of anilines is 1. The van der Waals surface area contributed by atoms with Crippen molar-refractivity contribution in [1.82, 2.24) is 9.97 Å². The predicted molar refractivity (Wildman–Crippen MR) is 97.2 cm³/mol. The van der Waals surface area contributed by atoms with Gasteiger partial charge in [-0.3, -0.25) is 0 Å². The summed E-state index contributed by atoms with van der Waals surface area (Å²) < 4.78 is 15.8. The highest BCUT2D eigenvalue weighted by molar-refractivity contribution is 5.89. The molecule has 25 heavy (non-hydrogen) atoms. The Kier molecular flexibility index (Phi) is 5.64. The van der Waals surface area contributed by atoms with E-state index in [2.05, 4.69) is 15.3 Å². The van der Waals surface area contributed by atoms with E-state index >= 15 is 0 Å². The minimum atomic E-state index is 0.341. The molecule has 0 amide bonds. The molecule has 6 heteroatoms. The highest BCUT2D eigenvalue weighted by Crippen LogP contribution is 2.23. The molecule has 0 fully saturated rings. The average molecular weight is 339 g/mol. The van der Waals surface area contributed by atoms with Crippen LogP contribution in [0.1, 0.15) is 5.56 Å². The summed E-state index contributed by atoms with van der Waals surface area (Å²) in [6.07, 6.45) is 0. The van der Waals surface area contributed by atoms with Gasteiger partial charge in [0, 0.05) is 19.0 Å². The van der Waals surface area contributed by atoms with Crippen molar-refractivity contribution in [3.63, 3.8) is 0 Å². The van der Waals surface area contributed by atoms with E-state index in [-0.39, 0.29) is 0 Å². The first-order chi connectivity index (χ1) is 12.3. The number of benzene rings is 2. The monoisotopic (exact) mass is 339 g/mol. The second kappa shape index (κ2) is 8.30. The minimum absolute atomic E-state index is 0.341. The van der Waals surface area contributed by atoms with Gasteiger partial charge >= 0.3 is 6.01 Å². The van der Waals surface area contributed by atoms with Crippen LogP contribution in [0.25, 0.3) is 10.9 Å². The van der Waals surface area contributed by atoms with Gasteiger partial charge in [-0.15, -0.1) is 0 Å². The SMILES string of the molecule is COCCOc1nc(NCc2ccc(OC)cc2)c2ccccc2n1. The van der Waals surface area contributed by atoms with Crippen molar-refractivity contribution in [1.29, 1.82) is 0 Å². The van der Waals surface area contributed by atoms with Crippen LogP contribution in [0.5, 0.6) is 11.8 Å². The molecule has 0 spiro atoms. The summed E-state index contributed by atoms with van der Waals surface area (Å²) in [5.74, 6) is 1.58. The minimum Gasteiger partial charge on any atom is -0.497 e. The quantitative estimate of drug-likeness (QED) is 0.635. The Labute approximate surface area is 146 Å². The van der Waals surface area contributed by atoms with Crippen LogP contribution in [-0.4, -0.2) is 37.4 Å². The molecule has 130 valence electrons. The molecule has 3 rings (SSSR count). The zero-order chi connectivity index (χ0) is 17.5. The zero-order valence-corrected chi connectivity index (χ0v) is 14.4. The molecule has 0 aliphatic heterocycles. The molecule has 0 atom stereocenters. The zero-order valence-electron chi connectivity index (χ0n) is 14.4. The molecule has 1 aromatic heterocycles. The molecule has 0 aliphatic carbocycles. The van der Waals surface area contributed by atoms with E-state index < -0.39 is 0 Å². The van der Waals surface area contributed by atoms with Gasteiger partial charge in [0.25, 0.3) is 0 Å². The maximum absolute atomic E-state index is 5.57. The van der Waals surface area contributed by atoms with Gasteiger partial charge in [0.15, 0.2) is 0 Å². The van der Waals surface area contributed by atoms with Gasteiger partial charge < -0.3 is 19.5 Å². The molecule has 1 heterocycles. The summed E-state index contributed by atoms with van der Waals surface area (Å²) in [6.45, 7) is 1.54. The van der Waals surface area contributed by atoms with Crippen molar-refractivity contribution in [2.75, 3.05) is 32.8 Å². The molecular weight excluding hydrogens is 318 g/mol. The number of para-hydroxylation sites is 1. The maximum atomic E-state index is 5.57. The van der Waals surface area contributed by atoms with Crippen molar-refractivity contribution < 1.29 is 14.2 Å². The van der Waals surface area contributed by atoms with E-state index in [1.54, 1.807) is 14.2 Å². The van der Waals surface area contributed by atoms with Gasteiger partial charge in [-0.25, -0.2) is 0 Å². The fourth-order valence-electron chi connectivity index (χ4n) is 2.40. The molecule has 0 bridgehead atoms. The van der Waals surface area contributed by atoms with Crippen LogP contribution in [0.15, 0.2) is 48.5 Å². The van der Waals surface area contributed by atoms with E-state index in [0.29, 0.717) is 25.8 Å². The second-order valence-corrected chi connectivity index (χ2v) is 5.41. The predicted octanol–water partition coefficient (Wildman–Crippen LogP) is 3.28. The van der Waals surface area contributed by atoms with Crippen molar-refractivity contribution in [2.24, 2.45) is 0 Å². The Morgan fingerprint density at radius 2 is 1.72 bits per heavy atom. The largest absolute Gasteiger partial charge is 0.497 e. The van der Waals surface area contributed by atoms with Crippen LogP contribution < -0.4 is 14.8 Å². The normalized spacial score (nSPS) is 10.6. The van der Waals surface area contributed by atoms with E-state index in [1.807, 2.05) is 48.5 Å². The Balaban J connectivity index is 1.80. The molecule has 1 N–H and O–H groups in total. The summed E-state index contributed by atoms with van der Waals surface area (Å²) in [6, 6.07) is 16.1. The van der Waals surface area contributed by atoms with E-state index in [4.69, 9.17) is 14.2 Å². The summed E-state index contributed by atoms with van der Waals surface area (Å²) >= 11 is 0. The van der Waals surface area contributed by atoms with Crippen molar-refractivity contribution in [3.8, 4) is 11.8 Å². The Hall–Kier alpha value is -2.86. The number of fused-ring (bicyclic) bond motifs is 1. The van der Waals surface area contributed by atoms with Gasteiger partial charge in [-0.1, -0.05) is 24.3 Å². The molecule has 0 saturated heterocycles. The Bertz CT molecular complexity index is 822. The third-order valence-corrected chi connectivity index (χ3v) is 3.72. The third kappa shape index (κ3) is 4.36. The third-order valence-electron chi connectivity index (χ3n) is 3.72. The maximum Gasteiger partial charge on any atom is 0.319 e. The van der Waals surface area contributed by atoms with E-state index in [9.17, 15) is 0 Å². The van der Waals surface area contributed by atoms with Crippen LogP contribution in [0.4, 0.5) is 5.82 Å². The van der Waals surface area contributed by atoms with Gasteiger partial charge in [-0.2, -0.15) is 9.97 Å². The van der Waals surface area contributed by atoms with E-state index in [0.717, 1.165) is 28.0 Å². The molecule has 0 radical (unpaired) electrons. The number of nitrogens with zero attached hydrogens (tertiary/aromatic N) is 2. The molecule has 2 aromatic carbocycles.